The van der Waals surface area contributed by atoms with Gasteiger partial charge in [-0.05, 0) is 18.4 Å². The molecule has 14 heavy (non-hydrogen) atoms. The van der Waals surface area contributed by atoms with Gasteiger partial charge in [-0.2, -0.15) is 0 Å². The Morgan fingerprint density at radius 2 is 2.21 bits per heavy atom. The number of rotatable bonds is 1. The Hall–Kier alpha value is -1.02. The summed E-state index contributed by atoms with van der Waals surface area (Å²) in [6, 6.07) is 5.84. The molecule has 0 saturated carbocycles. The normalized spacial score (nSPS) is 15.6. The summed E-state index contributed by atoms with van der Waals surface area (Å²) >= 11 is 5.77. The second kappa shape index (κ2) is 4.01. The van der Waals surface area contributed by atoms with Crippen molar-refractivity contribution in [2.75, 3.05) is 0 Å². The minimum Gasteiger partial charge on any atom is -0.426 e. The van der Waals surface area contributed by atoms with Crippen LogP contribution in [0, 0.1) is 0 Å². The van der Waals surface area contributed by atoms with Crippen molar-refractivity contribution in [3.8, 4) is 5.75 Å². The van der Waals surface area contributed by atoms with Crippen molar-refractivity contribution in [3.05, 3.63) is 29.3 Å². The first-order valence-electron chi connectivity index (χ1n) is 4.68. The Kier molecular flexibility index (Phi) is 2.73. The molecular weight excluding hydrogens is 200 g/mol. The van der Waals surface area contributed by atoms with Gasteiger partial charge in [0, 0.05) is 12.0 Å². The summed E-state index contributed by atoms with van der Waals surface area (Å²) in [6.45, 7) is 0. The van der Waals surface area contributed by atoms with Gasteiger partial charge in [0.1, 0.15) is 5.75 Å². The molecule has 0 fully saturated rings. The molecular formula is C11H11ClO2. The molecule has 1 aromatic carbocycles. The van der Waals surface area contributed by atoms with Crippen molar-refractivity contribution in [2.45, 2.75) is 25.1 Å². The number of esters is 1. The Morgan fingerprint density at radius 3 is 3.00 bits per heavy atom. The second-order valence-electron chi connectivity index (χ2n) is 3.37. The molecule has 0 saturated heterocycles. The van der Waals surface area contributed by atoms with Crippen LogP contribution in [0.1, 0.15) is 24.0 Å². The van der Waals surface area contributed by atoms with E-state index < -0.39 is 0 Å². The SMILES string of the molecule is O=C1CCCc2cccc(CCl)c2O1. The van der Waals surface area contributed by atoms with Crippen LogP contribution in [-0.4, -0.2) is 5.97 Å². The van der Waals surface area contributed by atoms with Crippen molar-refractivity contribution >= 4 is 17.6 Å². The van der Waals surface area contributed by atoms with E-state index >= 15 is 0 Å². The molecule has 0 unspecified atom stereocenters. The highest BCUT2D eigenvalue weighted by Crippen LogP contribution is 2.29. The molecule has 1 heterocycles. The molecule has 1 aliphatic heterocycles. The van der Waals surface area contributed by atoms with Gasteiger partial charge in [0.05, 0.1) is 5.88 Å². The standard InChI is InChI=1S/C11H11ClO2/c12-7-9-5-1-3-8-4-2-6-10(13)14-11(8)9/h1,3,5H,2,4,6-7H2. The average Bonchev–Trinajstić information content (AvgIpc) is 2.38. The van der Waals surface area contributed by atoms with Gasteiger partial charge in [-0.25, -0.2) is 0 Å². The van der Waals surface area contributed by atoms with Gasteiger partial charge < -0.3 is 4.74 Å². The van der Waals surface area contributed by atoms with E-state index in [0.717, 1.165) is 24.0 Å². The fraction of sp³-hybridized carbons (Fsp3) is 0.364. The van der Waals surface area contributed by atoms with Crippen LogP contribution < -0.4 is 4.74 Å². The summed E-state index contributed by atoms with van der Waals surface area (Å²) in [6.07, 6.45) is 2.25. The maximum Gasteiger partial charge on any atom is 0.311 e. The third kappa shape index (κ3) is 1.75. The Balaban J connectivity index is 2.45. The summed E-state index contributed by atoms with van der Waals surface area (Å²) in [5.41, 5.74) is 1.99. The van der Waals surface area contributed by atoms with Crippen molar-refractivity contribution < 1.29 is 9.53 Å². The van der Waals surface area contributed by atoms with Crippen LogP contribution in [0.15, 0.2) is 18.2 Å². The molecule has 0 atom stereocenters. The lowest BCUT2D eigenvalue weighted by molar-refractivity contribution is -0.134. The predicted octanol–water partition coefficient (Wildman–Crippen LogP) is 2.67. The van der Waals surface area contributed by atoms with E-state index in [9.17, 15) is 4.79 Å². The molecule has 0 bridgehead atoms. The molecule has 0 radical (unpaired) electrons. The molecule has 0 N–H and O–H groups in total. The fourth-order valence-corrected chi connectivity index (χ4v) is 1.87. The van der Waals surface area contributed by atoms with Gasteiger partial charge in [-0.15, -0.1) is 11.6 Å². The molecule has 2 nitrogen and oxygen atoms in total. The van der Waals surface area contributed by atoms with Crippen LogP contribution in [0.3, 0.4) is 0 Å². The molecule has 1 aliphatic rings. The number of carbonyl (C=O) groups is 1. The molecule has 2 rings (SSSR count). The maximum absolute atomic E-state index is 11.2. The number of hydrogen-bond donors (Lipinski definition) is 0. The quantitative estimate of drug-likeness (QED) is 0.405. The lowest BCUT2D eigenvalue weighted by Gasteiger charge is -2.09. The van der Waals surface area contributed by atoms with E-state index in [-0.39, 0.29) is 5.97 Å². The topological polar surface area (TPSA) is 26.3 Å². The highest BCUT2D eigenvalue weighted by atomic mass is 35.5. The van der Waals surface area contributed by atoms with Crippen molar-refractivity contribution in [3.63, 3.8) is 0 Å². The molecule has 3 heteroatoms. The number of hydrogen-bond acceptors (Lipinski definition) is 2. The third-order valence-corrected chi connectivity index (χ3v) is 2.65. The van der Waals surface area contributed by atoms with Crippen LogP contribution in [0.4, 0.5) is 0 Å². The molecule has 0 aromatic heterocycles. The zero-order valence-corrected chi connectivity index (χ0v) is 8.51. The van der Waals surface area contributed by atoms with Gasteiger partial charge >= 0.3 is 5.97 Å². The number of benzene rings is 1. The Morgan fingerprint density at radius 1 is 1.36 bits per heavy atom. The Labute approximate surface area is 87.8 Å². The first-order chi connectivity index (χ1) is 6.81. The highest BCUT2D eigenvalue weighted by Gasteiger charge is 2.17. The van der Waals surface area contributed by atoms with E-state index in [2.05, 4.69) is 0 Å². The molecule has 0 amide bonds. The van der Waals surface area contributed by atoms with Gasteiger partial charge in [0.2, 0.25) is 0 Å². The van der Waals surface area contributed by atoms with Crippen LogP contribution >= 0.6 is 11.6 Å². The number of para-hydroxylation sites is 1. The monoisotopic (exact) mass is 210 g/mol. The number of fused-ring (bicyclic) bond motifs is 1. The smallest absolute Gasteiger partial charge is 0.311 e. The zero-order valence-electron chi connectivity index (χ0n) is 7.75. The molecule has 0 aliphatic carbocycles. The van der Waals surface area contributed by atoms with Crippen LogP contribution in [-0.2, 0) is 17.1 Å². The second-order valence-corrected chi connectivity index (χ2v) is 3.63. The highest BCUT2D eigenvalue weighted by molar-refractivity contribution is 6.17. The van der Waals surface area contributed by atoms with E-state index in [1.807, 2.05) is 18.2 Å². The van der Waals surface area contributed by atoms with Crippen molar-refractivity contribution in [2.24, 2.45) is 0 Å². The average molecular weight is 211 g/mol. The van der Waals surface area contributed by atoms with Crippen molar-refractivity contribution in [1.82, 2.24) is 0 Å². The first kappa shape index (κ1) is 9.53. The number of ether oxygens (including phenoxy) is 1. The molecule has 0 spiro atoms. The summed E-state index contributed by atoms with van der Waals surface area (Å²) in [7, 11) is 0. The largest absolute Gasteiger partial charge is 0.426 e. The summed E-state index contributed by atoms with van der Waals surface area (Å²) in [5, 5.41) is 0. The number of aryl methyl sites for hydroxylation is 1. The van der Waals surface area contributed by atoms with Crippen LogP contribution in [0.5, 0.6) is 5.75 Å². The Bertz CT molecular complexity index is 360. The lowest BCUT2D eigenvalue weighted by atomic mass is 10.1. The first-order valence-corrected chi connectivity index (χ1v) is 5.22. The summed E-state index contributed by atoms with van der Waals surface area (Å²) in [4.78, 5) is 11.2. The summed E-state index contributed by atoms with van der Waals surface area (Å²) in [5.74, 6) is 0.919. The molecule has 1 aromatic rings. The minimum atomic E-state index is -0.152. The van der Waals surface area contributed by atoms with Crippen LogP contribution in [0.25, 0.3) is 0 Å². The predicted molar refractivity (Wildman–Crippen MR) is 54.6 cm³/mol. The van der Waals surface area contributed by atoms with Gasteiger partial charge in [0.15, 0.2) is 0 Å². The number of alkyl halides is 1. The fourth-order valence-electron chi connectivity index (χ4n) is 1.66. The van der Waals surface area contributed by atoms with E-state index in [0.29, 0.717) is 18.1 Å². The lowest BCUT2D eigenvalue weighted by Crippen LogP contribution is -2.06. The van der Waals surface area contributed by atoms with Gasteiger partial charge in [0.25, 0.3) is 0 Å². The summed E-state index contributed by atoms with van der Waals surface area (Å²) < 4.78 is 5.26. The van der Waals surface area contributed by atoms with Crippen LogP contribution in [0.2, 0.25) is 0 Å². The van der Waals surface area contributed by atoms with Gasteiger partial charge in [-0.3, -0.25) is 4.79 Å². The van der Waals surface area contributed by atoms with E-state index in [4.69, 9.17) is 16.3 Å². The zero-order chi connectivity index (χ0) is 9.97. The number of halogens is 1. The number of carbonyl (C=O) groups excluding carboxylic acids is 1. The minimum absolute atomic E-state index is 0.152. The third-order valence-electron chi connectivity index (χ3n) is 2.37. The van der Waals surface area contributed by atoms with E-state index in [1.54, 1.807) is 0 Å². The van der Waals surface area contributed by atoms with Gasteiger partial charge in [-0.1, -0.05) is 18.2 Å². The molecule has 74 valence electrons. The van der Waals surface area contributed by atoms with E-state index in [1.165, 1.54) is 0 Å². The maximum atomic E-state index is 11.2. The van der Waals surface area contributed by atoms with Crippen molar-refractivity contribution in [1.29, 1.82) is 0 Å².